The summed E-state index contributed by atoms with van der Waals surface area (Å²) in [6, 6.07) is 0. The van der Waals surface area contributed by atoms with Gasteiger partial charge < -0.3 is 18.9 Å². The van der Waals surface area contributed by atoms with Crippen LogP contribution in [0.15, 0.2) is 0 Å². The van der Waals surface area contributed by atoms with Gasteiger partial charge in [0, 0.05) is 20.1 Å². The minimum atomic E-state index is -0.434. The molecule has 0 amide bonds. The van der Waals surface area contributed by atoms with E-state index in [1.54, 1.807) is 0 Å². The summed E-state index contributed by atoms with van der Waals surface area (Å²) in [6.45, 7) is 11.2. The summed E-state index contributed by atoms with van der Waals surface area (Å²) in [5.74, 6) is 0. The first-order chi connectivity index (χ1) is 6.81. The van der Waals surface area contributed by atoms with Crippen LogP contribution < -0.4 is 0 Å². The van der Waals surface area contributed by atoms with Crippen LogP contribution in [0.3, 0.4) is 0 Å². The van der Waals surface area contributed by atoms with Gasteiger partial charge in [0.15, 0.2) is 6.29 Å². The van der Waals surface area contributed by atoms with Crippen LogP contribution in [0.5, 0.6) is 0 Å². The molecular formula is C10H21O4. The maximum Gasteiger partial charge on any atom is 0.157 e. The van der Waals surface area contributed by atoms with Gasteiger partial charge in [-0.1, -0.05) is 0 Å². The molecule has 0 saturated carbocycles. The van der Waals surface area contributed by atoms with Crippen molar-refractivity contribution in [2.24, 2.45) is 0 Å². The minimum Gasteiger partial charge on any atom is -0.379 e. The van der Waals surface area contributed by atoms with Gasteiger partial charge in [0.1, 0.15) is 0 Å². The standard InChI is InChI=1S/C10H21O4/c1-4-11-6-8-13-10(3)14-9-7-12-5-2/h10H,3-9H2,1-2H3. The Morgan fingerprint density at radius 2 is 1.29 bits per heavy atom. The lowest BCUT2D eigenvalue weighted by Gasteiger charge is -2.13. The highest BCUT2D eigenvalue weighted by Crippen LogP contribution is 1.92. The van der Waals surface area contributed by atoms with Gasteiger partial charge >= 0.3 is 0 Å². The molecule has 0 aromatic heterocycles. The van der Waals surface area contributed by atoms with Gasteiger partial charge in [-0.3, -0.25) is 0 Å². The third kappa shape index (κ3) is 9.92. The number of ether oxygens (including phenoxy) is 4. The molecule has 0 aliphatic rings. The van der Waals surface area contributed by atoms with Crippen LogP contribution in [-0.2, 0) is 18.9 Å². The summed E-state index contributed by atoms with van der Waals surface area (Å²) >= 11 is 0. The van der Waals surface area contributed by atoms with E-state index in [0.717, 1.165) is 0 Å². The first-order valence-electron chi connectivity index (χ1n) is 5.03. The van der Waals surface area contributed by atoms with Gasteiger partial charge in [-0.15, -0.1) is 0 Å². The monoisotopic (exact) mass is 205 g/mol. The van der Waals surface area contributed by atoms with E-state index in [0.29, 0.717) is 39.6 Å². The van der Waals surface area contributed by atoms with E-state index < -0.39 is 6.29 Å². The number of hydrogen-bond acceptors (Lipinski definition) is 4. The van der Waals surface area contributed by atoms with Crippen molar-refractivity contribution in [1.82, 2.24) is 0 Å². The molecule has 85 valence electrons. The fourth-order valence-corrected chi connectivity index (χ4v) is 0.814. The zero-order valence-corrected chi connectivity index (χ0v) is 9.16. The average molecular weight is 205 g/mol. The lowest BCUT2D eigenvalue weighted by molar-refractivity contribution is -0.131. The lowest BCUT2D eigenvalue weighted by Crippen LogP contribution is -2.19. The summed E-state index contributed by atoms with van der Waals surface area (Å²) in [6.07, 6.45) is -0.434. The Balaban J connectivity index is 3.07. The molecule has 0 aromatic rings. The highest BCUT2D eigenvalue weighted by molar-refractivity contribution is 4.45. The van der Waals surface area contributed by atoms with Crippen LogP contribution >= 0.6 is 0 Å². The molecule has 1 radical (unpaired) electrons. The van der Waals surface area contributed by atoms with Gasteiger partial charge in [0.05, 0.1) is 26.4 Å². The van der Waals surface area contributed by atoms with E-state index in [2.05, 4.69) is 6.92 Å². The van der Waals surface area contributed by atoms with Crippen molar-refractivity contribution >= 4 is 0 Å². The molecule has 0 fully saturated rings. The summed E-state index contributed by atoms with van der Waals surface area (Å²) in [7, 11) is 0. The van der Waals surface area contributed by atoms with Gasteiger partial charge in [-0.05, 0) is 13.8 Å². The zero-order valence-electron chi connectivity index (χ0n) is 9.16. The second-order valence-electron chi connectivity index (χ2n) is 2.56. The fraction of sp³-hybridized carbons (Fsp3) is 0.900. The van der Waals surface area contributed by atoms with Gasteiger partial charge in [0.25, 0.3) is 0 Å². The molecule has 0 N–H and O–H groups in total. The van der Waals surface area contributed by atoms with Crippen molar-refractivity contribution in [1.29, 1.82) is 0 Å². The summed E-state index contributed by atoms with van der Waals surface area (Å²) in [5, 5.41) is 0. The highest BCUT2D eigenvalue weighted by Gasteiger charge is 2.00. The van der Waals surface area contributed by atoms with Crippen LogP contribution in [-0.4, -0.2) is 45.9 Å². The predicted molar refractivity (Wildman–Crippen MR) is 54.0 cm³/mol. The molecule has 0 heterocycles. The van der Waals surface area contributed by atoms with Crippen molar-refractivity contribution in [2.45, 2.75) is 20.1 Å². The smallest absolute Gasteiger partial charge is 0.157 e. The maximum atomic E-state index is 5.21. The molecule has 0 aromatic carbocycles. The first kappa shape index (κ1) is 13.8. The largest absolute Gasteiger partial charge is 0.379 e. The topological polar surface area (TPSA) is 36.9 Å². The molecule has 0 aliphatic heterocycles. The highest BCUT2D eigenvalue weighted by atomic mass is 16.7. The fourth-order valence-electron chi connectivity index (χ4n) is 0.814. The van der Waals surface area contributed by atoms with E-state index in [1.165, 1.54) is 0 Å². The quantitative estimate of drug-likeness (QED) is 0.397. The Morgan fingerprint density at radius 3 is 1.64 bits per heavy atom. The van der Waals surface area contributed by atoms with Crippen molar-refractivity contribution in [2.75, 3.05) is 39.6 Å². The molecule has 0 aliphatic carbocycles. The Labute approximate surface area is 86.5 Å². The van der Waals surface area contributed by atoms with Crippen molar-refractivity contribution in [3.05, 3.63) is 6.92 Å². The lowest BCUT2D eigenvalue weighted by atomic mass is 10.6. The third-order valence-electron chi connectivity index (χ3n) is 1.47. The van der Waals surface area contributed by atoms with Crippen molar-refractivity contribution < 1.29 is 18.9 Å². The third-order valence-corrected chi connectivity index (χ3v) is 1.47. The molecule has 0 spiro atoms. The molecule has 0 unspecified atom stereocenters. The summed E-state index contributed by atoms with van der Waals surface area (Å²) < 4.78 is 20.6. The Kier molecular flexibility index (Phi) is 10.8. The van der Waals surface area contributed by atoms with E-state index >= 15 is 0 Å². The van der Waals surface area contributed by atoms with Gasteiger partial charge in [-0.2, -0.15) is 0 Å². The number of hydrogen-bond donors (Lipinski definition) is 0. The van der Waals surface area contributed by atoms with Gasteiger partial charge in [-0.25, -0.2) is 0 Å². The molecule has 14 heavy (non-hydrogen) atoms. The second kappa shape index (κ2) is 10.9. The zero-order chi connectivity index (χ0) is 10.6. The Bertz CT molecular complexity index is 96.3. The van der Waals surface area contributed by atoms with E-state index in [4.69, 9.17) is 18.9 Å². The first-order valence-corrected chi connectivity index (χ1v) is 5.03. The molecule has 4 nitrogen and oxygen atoms in total. The van der Waals surface area contributed by atoms with E-state index in [9.17, 15) is 0 Å². The Hall–Kier alpha value is -0.160. The summed E-state index contributed by atoms with van der Waals surface area (Å²) in [4.78, 5) is 0. The van der Waals surface area contributed by atoms with Crippen LogP contribution in [0.1, 0.15) is 13.8 Å². The number of rotatable bonds is 10. The van der Waals surface area contributed by atoms with E-state index in [1.807, 2.05) is 13.8 Å². The molecule has 0 rings (SSSR count). The molecule has 0 atom stereocenters. The predicted octanol–water partition coefficient (Wildman–Crippen LogP) is 1.25. The summed E-state index contributed by atoms with van der Waals surface area (Å²) in [5.41, 5.74) is 0. The van der Waals surface area contributed by atoms with Crippen LogP contribution in [0.4, 0.5) is 0 Å². The van der Waals surface area contributed by atoms with Crippen LogP contribution in [0.25, 0.3) is 0 Å². The second-order valence-corrected chi connectivity index (χ2v) is 2.56. The van der Waals surface area contributed by atoms with Crippen molar-refractivity contribution in [3.63, 3.8) is 0 Å². The average Bonchev–Trinajstić information content (AvgIpc) is 2.19. The SMILES string of the molecule is [CH2]C(OCCOCC)OCCOCC. The van der Waals surface area contributed by atoms with Crippen LogP contribution in [0, 0.1) is 6.92 Å². The van der Waals surface area contributed by atoms with Gasteiger partial charge in [0.2, 0.25) is 0 Å². The van der Waals surface area contributed by atoms with Crippen LogP contribution in [0.2, 0.25) is 0 Å². The molecule has 4 heteroatoms. The molecular weight excluding hydrogens is 184 g/mol. The molecule has 0 bridgehead atoms. The molecule has 0 saturated heterocycles. The Morgan fingerprint density at radius 1 is 0.857 bits per heavy atom. The minimum absolute atomic E-state index is 0.434. The maximum absolute atomic E-state index is 5.21. The van der Waals surface area contributed by atoms with E-state index in [-0.39, 0.29) is 0 Å². The normalized spacial score (nSPS) is 11.1. The van der Waals surface area contributed by atoms with Crippen molar-refractivity contribution in [3.8, 4) is 0 Å².